The summed E-state index contributed by atoms with van der Waals surface area (Å²) < 4.78 is 5.62. The van der Waals surface area contributed by atoms with Crippen LogP contribution < -0.4 is 10.1 Å². The van der Waals surface area contributed by atoms with Crippen LogP contribution in [0.15, 0.2) is 53.5 Å². The molecule has 0 unspecified atom stereocenters. The minimum Gasteiger partial charge on any atom is -0.504 e. The summed E-state index contributed by atoms with van der Waals surface area (Å²) in [5.41, 5.74) is 2.87. The van der Waals surface area contributed by atoms with Crippen LogP contribution in [0.1, 0.15) is 43.4 Å². The van der Waals surface area contributed by atoms with E-state index in [2.05, 4.69) is 41.5 Å². The fraction of sp³-hybridized carbons (Fsp3) is 0.435. The summed E-state index contributed by atoms with van der Waals surface area (Å²) in [5, 5.41) is 14.6. The van der Waals surface area contributed by atoms with Gasteiger partial charge in [-0.2, -0.15) is 0 Å². The molecule has 0 amide bonds. The maximum absolute atomic E-state index is 10.8. The highest BCUT2D eigenvalue weighted by Gasteiger charge is 2.40. The van der Waals surface area contributed by atoms with Crippen molar-refractivity contribution in [1.29, 1.82) is 0 Å². The zero-order valence-electron chi connectivity index (χ0n) is 16.7. The molecule has 1 spiro atoms. The summed E-state index contributed by atoms with van der Waals surface area (Å²) >= 11 is 0. The van der Waals surface area contributed by atoms with Gasteiger partial charge in [0.2, 0.25) is 0 Å². The molecule has 2 N–H and O–H groups in total. The summed E-state index contributed by atoms with van der Waals surface area (Å²) in [5.74, 6) is 0.780. The second-order valence-electron chi connectivity index (χ2n) is 7.79. The van der Waals surface area contributed by atoms with E-state index in [4.69, 9.17) is 9.73 Å². The zero-order chi connectivity index (χ0) is 19.6. The maximum Gasteiger partial charge on any atom is 0.162 e. The Bertz CT molecular complexity index is 842. The van der Waals surface area contributed by atoms with E-state index in [1.54, 1.807) is 0 Å². The van der Waals surface area contributed by atoms with Crippen molar-refractivity contribution in [3.05, 3.63) is 59.7 Å². The van der Waals surface area contributed by atoms with Crippen LogP contribution in [0.5, 0.6) is 11.5 Å². The van der Waals surface area contributed by atoms with Crippen LogP contribution in [0, 0.1) is 0 Å². The molecule has 2 aromatic carbocycles. The van der Waals surface area contributed by atoms with Crippen LogP contribution in [0.4, 0.5) is 0 Å². The second kappa shape index (κ2) is 7.94. The lowest BCUT2D eigenvalue weighted by molar-refractivity contribution is 0.144. The van der Waals surface area contributed by atoms with Crippen molar-refractivity contribution in [3.63, 3.8) is 0 Å². The number of hydrogen-bond donors (Lipinski definition) is 2. The topological polar surface area (TPSA) is 57.1 Å². The van der Waals surface area contributed by atoms with E-state index in [-0.39, 0.29) is 17.5 Å². The van der Waals surface area contributed by atoms with E-state index in [1.165, 1.54) is 0 Å². The number of nitrogens with zero attached hydrogens (tertiary/aromatic N) is 2. The first kappa shape index (κ1) is 19.0. The second-order valence-corrected chi connectivity index (χ2v) is 7.79. The number of nitrogens with one attached hydrogen (secondary N) is 1. The van der Waals surface area contributed by atoms with Gasteiger partial charge in [0.15, 0.2) is 11.5 Å². The summed E-state index contributed by atoms with van der Waals surface area (Å²) in [6.45, 7) is 4.48. The fourth-order valence-corrected chi connectivity index (χ4v) is 4.24. The number of phenols is 1. The normalized spacial score (nSPS) is 22.1. The number of para-hydroxylation sites is 1. The first-order valence-corrected chi connectivity index (χ1v) is 10.2. The number of aliphatic imine (C=N–C) groups is 1. The molecule has 148 valence electrons. The lowest BCUT2D eigenvalue weighted by Gasteiger charge is -2.44. The largest absolute Gasteiger partial charge is 0.504 e. The molecule has 28 heavy (non-hydrogen) atoms. The minimum absolute atomic E-state index is 0.00322. The maximum atomic E-state index is 10.8. The Balaban J connectivity index is 1.72. The van der Waals surface area contributed by atoms with Crippen molar-refractivity contribution in [2.75, 3.05) is 26.7 Å². The highest BCUT2D eigenvalue weighted by molar-refractivity contribution is 6.01. The van der Waals surface area contributed by atoms with Gasteiger partial charge in [0.1, 0.15) is 5.66 Å². The van der Waals surface area contributed by atoms with E-state index in [9.17, 15) is 5.11 Å². The van der Waals surface area contributed by atoms with Gasteiger partial charge in [0.05, 0.1) is 6.61 Å². The highest BCUT2D eigenvalue weighted by Crippen LogP contribution is 2.40. The van der Waals surface area contributed by atoms with E-state index < -0.39 is 0 Å². The molecule has 1 fully saturated rings. The summed E-state index contributed by atoms with van der Waals surface area (Å²) in [7, 11) is 2.16. The summed E-state index contributed by atoms with van der Waals surface area (Å²) in [6, 6.07) is 16.2. The number of piperidine rings is 1. The zero-order valence-corrected chi connectivity index (χ0v) is 16.7. The number of hydrogen-bond acceptors (Lipinski definition) is 5. The Morgan fingerprint density at radius 1 is 1.14 bits per heavy atom. The predicted octanol–water partition coefficient (Wildman–Crippen LogP) is 3.74. The average Bonchev–Trinajstić information content (AvgIpc) is 2.72. The molecular weight excluding hydrogens is 350 g/mol. The Hall–Kier alpha value is -2.37. The quantitative estimate of drug-likeness (QED) is 0.850. The third-order valence-electron chi connectivity index (χ3n) is 5.82. The van der Waals surface area contributed by atoms with Crippen molar-refractivity contribution in [2.24, 2.45) is 4.99 Å². The molecule has 2 aliphatic heterocycles. The smallest absolute Gasteiger partial charge is 0.162 e. The van der Waals surface area contributed by atoms with Gasteiger partial charge in [-0.05, 0) is 38.4 Å². The standard InChI is InChI=1S/C23H29N3O2/c1-3-28-21-11-7-10-18(22(21)27)20-16-19(17-8-5-4-6-9-17)24-23(25-20)12-14-26(2)15-13-23/h4-11,20,25,27H,3,12-16H2,1-2H3/t20-/m0/s1. The van der Waals surface area contributed by atoms with Crippen molar-refractivity contribution >= 4 is 5.71 Å². The average molecular weight is 380 g/mol. The molecule has 5 nitrogen and oxygen atoms in total. The summed E-state index contributed by atoms with van der Waals surface area (Å²) in [6.07, 6.45) is 2.66. The summed E-state index contributed by atoms with van der Waals surface area (Å²) in [4.78, 5) is 7.56. The van der Waals surface area contributed by atoms with Gasteiger partial charge in [-0.3, -0.25) is 10.3 Å². The van der Waals surface area contributed by atoms with Crippen LogP contribution in [-0.2, 0) is 0 Å². The molecule has 1 saturated heterocycles. The molecule has 2 heterocycles. The van der Waals surface area contributed by atoms with E-state index in [0.717, 1.165) is 49.2 Å². The van der Waals surface area contributed by atoms with Crippen molar-refractivity contribution in [2.45, 2.75) is 37.9 Å². The van der Waals surface area contributed by atoms with E-state index >= 15 is 0 Å². The molecule has 0 aromatic heterocycles. The van der Waals surface area contributed by atoms with Crippen LogP contribution in [-0.4, -0.2) is 48.1 Å². The van der Waals surface area contributed by atoms with Crippen molar-refractivity contribution in [3.8, 4) is 11.5 Å². The lowest BCUT2D eigenvalue weighted by Crippen LogP contribution is -2.55. The highest BCUT2D eigenvalue weighted by atomic mass is 16.5. The first-order valence-electron chi connectivity index (χ1n) is 10.2. The van der Waals surface area contributed by atoms with Gasteiger partial charge < -0.3 is 14.7 Å². The number of ether oxygens (including phenoxy) is 1. The molecular formula is C23H29N3O2. The molecule has 1 atom stereocenters. The molecule has 0 radical (unpaired) electrons. The Kier molecular flexibility index (Phi) is 5.38. The number of benzene rings is 2. The Labute approximate surface area is 167 Å². The third-order valence-corrected chi connectivity index (χ3v) is 5.82. The van der Waals surface area contributed by atoms with E-state index in [1.807, 2.05) is 31.2 Å². The SMILES string of the molecule is CCOc1cccc([C@@H]2CC(c3ccccc3)=NC3(CCN(C)CC3)N2)c1O. The van der Waals surface area contributed by atoms with E-state index in [0.29, 0.717) is 12.4 Å². The minimum atomic E-state index is -0.283. The number of phenolic OH excluding ortho intramolecular Hbond substituents is 1. The van der Waals surface area contributed by atoms with Gasteiger partial charge in [0.25, 0.3) is 0 Å². The molecule has 2 aliphatic rings. The third kappa shape index (κ3) is 3.77. The van der Waals surface area contributed by atoms with Crippen molar-refractivity contribution < 1.29 is 9.84 Å². The molecule has 5 heteroatoms. The van der Waals surface area contributed by atoms with Gasteiger partial charge in [-0.25, -0.2) is 0 Å². The lowest BCUT2D eigenvalue weighted by atomic mass is 9.87. The van der Waals surface area contributed by atoms with Crippen molar-refractivity contribution in [1.82, 2.24) is 10.2 Å². The molecule has 2 aromatic rings. The van der Waals surface area contributed by atoms with Gasteiger partial charge in [-0.15, -0.1) is 0 Å². The van der Waals surface area contributed by atoms with Crippen LogP contribution in [0.3, 0.4) is 0 Å². The van der Waals surface area contributed by atoms with Gasteiger partial charge in [-0.1, -0.05) is 42.5 Å². The van der Waals surface area contributed by atoms with Crippen LogP contribution >= 0.6 is 0 Å². The number of aromatic hydroxyl groups is 1. The Morgan fingerprint density at radius 2 is 1.89 bits per heavy atom. The van der Waals surface area contributed by atoms with Gasteiger partial charge in [0, 0.05) is 36.8 Å². The predicted molar refractivity (Wildman–Crippen MR) is 112 cm³/mol. The molecule has 0 aliphatic carbocycles. The van der Waals surface area contributed by atoms with Crippen LogP contribution in [0.2, 0.25) is 0 Å². The Morgan fingerprint density at radius 3 is 2.61 bits per heavy atom. The monoisotopic (exact) mass is 379 g/mol. The number of rotatable bonds is 4. The molecule has 0 saturated carbocycles. The molecule has 4 rings (SSSR count). The van der Waals surface area contributed by atoms with Crippen LogP contribution in [0.25, 0.3) is 0 Å². The first-order chi connectivity index (χ1) is 13.6. The van der Waals surface area contributed by atoms with Gasteiger partial charge >= 0.3 is 0 Å². The fourth-order valence-electron chi connectivity index (χ4n) is 4.24. The molecule has 0 bridgehead atoms. The number of likely N-dealkylation sites (tertiary alicyclic amines) is 1.